The second-order valence-electron chi connectivity index (χ2n) is 4.95. The minimum atomic E-state index is -0.823. The Morgan fingerprint density at radius 1 is 1.25 bits per heavy atom. The summed E-state index contributed by atoms with van der Waals surface area (Å²) in [5.41, 5.74) is 1.16. The van der Waals surface area contributed by atoms with Gasteiger partial charge in [-0.15, -0.1) is 0 Å². The van der Waals surface area contributed by atoms with Crippen molar-refractivity contribution in [2.45, 2.75) is 26.2 Å². The first-order chi connectivity index (χ1) is 7.39. The Balaban J connectivity index is 2.70. The molecule has 1 heterocycles. The van der Waals surface area contributed by atoms with E-state index in [-0.39, 0.29) is 11.2 Å². The number of halogens is 1. The molecule has 0 radical (unpaired) electrons. The van der Waals surface area contributed by atoms with E-state index in [0.29, 0.717) is 5.39 Å². The van der Waals surface area contributed by atoms with Gasteiger partial charge in [0.05, 0.1) is 0 Å². The van der Waals surface area contributed by atoms with Gasteiger partial charge in [-0.05, 0) is 17.0 Å². The van der Waals surface area contributed by atoms with Crippen LogP contribution in [0.3, 0.4) is 0 Å². The van der Waals surface area contributed by atoms with Crippen molar-refractivity contribution in [3.63, 3.8) is 0 Å². The average Bonchev–Trinajstić information content (AvgIpc) is 2.22. The molecule has 2 nitrogen and oxygen atoms in total. The molecule has 0 saturated heterocycles. The van der Waals surface area contributed by atoms with Crippen molar-refractivity contribution in [2.24, 2.45) is 0 Å². The first-order valence-corrected chi connectivity index (χ1v) is 5.17. The van der Waals surface area contributed by atoms with E-state index in [1.807, 2.05) is 12.1 Å². The Labute approximate surface area is 93.8 Å². The fourth-order valence-corrected chi connectivity index (χ4v) is 1.65. The lowest BCUT2D eigenvalue weighted by molar-refractivity contribution is 0.425. The molecule has 0 amide bonds. The van der Waals surface area contributed by atoms with Crippen molar-refractivity contribution in [3.05, 3.63) is 35.9 Å². The minimum Gasteiger partial charge on any atom is -0.503 e. The van der Waals surface area contributed by atoms with Crippen LogP contribution in [0.5, 0.6) is 5.75 Å². The van der Waals surface area contributed by atoms with E-state index in [2.05, 4.69) is 25.8 Å². The number of rotatable bonds is 0. The summed E-state index contributed by atoms with van der Waals surface area (Å²) < 4.78 is 13.0. The third-order valence-corrected chi connectivity index (χ3v) is 2.69. The molecule has 0 atom stereocenters. The molecule has 0 unspecified atom stereocenters. The molecule has 0 aliphatic heterocycles. The molecule has 1 aromatic carbocycles. The number of pyridine rings is 1. The van der Waals surface area contributed by atoms with Crippen LogP contribution in [0.25, 0.3) is 10.8 Å². The number of aromatic nitrogens is 1. The maximum Gasteiger partial charge on any atom is 0.255 e. The second-order valence-corrected chi connectivity index (χ2v) is 4.95. The number of hydrogen-bond donors (Lipinski definition) is 1. The van der Waals surface area contributed by atoms with Crippen molar-refractivity contribution in [3.8, 4) is 5.75 Å². The van der Waals surface area contributed by atoms with Crippen LogP contribution in [-0.4, -0.2) is 10.1 Å². The maximum absolute atomic E-state index is 13.0. The molecule has 3 heteroatoms. The van der Waals surface area contributed by atoms with Gasteiger partial charge < -0.3 is 5.11 Å². The number of benzene rings is 1. The van der Waals surface area contributed by atoms with Gasteiger partial charge in [0, 0.05) is 17.0 Å². The van der Waals surface area contributed by atoms with Gasteiger partial charge in [-0.1, -0.05) is 32.9 Å². The topological polar surface area (TPSA) is 33.1 Å². The van der Waals surface area contributed by atoms with Gasteiger partial charge in [0.25, 0.3) is 5.95 Å². The van der Waals surface area contributed by atoms with E-state index < -0.39 is 5.95 Å². The van der Waals surface area contributed by atoms with Gasteiger partial charge >= 0.3 is 0 Å². The van der Waals surface area contributed by atoms with Gasteiger partial charge in [0.15, 0.2) is 5.75 Å². The fraction of sp³-hybridized carbons (Fsp3) is 0.308. The lowest BCUT2D eigenvalue weighted by Gasteiger charge is -2.19. The lowest BCUT2D eigenvalue weighted by Crippen LogP contribution is -2.10. The largest absolute Gasteiger partial charge is 0.503 e. The molecule has 0 saturated carbocycles. The Morgan fingerprint density at radius 2 is 1.94 bits per heavy atom. The predicted octanol–water partition coefficient (Wildman–Crippen LogP) is 3.38. The van der Waals surface area contributed by atoms with E-state index in [0.717, 1.165) is 10.9 Å². The molecule has 0 bridgehead atoms. The van der Waals surface area contributed by atoms with E-state index in [4.69, 9.17) is 0 Å². The SMILES string of the molecule is CC(C)(C)c1ccc2c(O)c(F)ncc2c1. The molecular weight excluding hydrogens is 205 g/mol. The van der Waals surface area contributed by atoms with Crippen molar-refractivity contribution in [1.82, 2.24) is 4.98 Å². The highest BCUT2D eigenvalue weighted by atomic mass is 19.1. The second kappa shape index (κ2) is 3.44. The van der Waals surface area contributed by atoms with Crippen molar-refractivity contribution in [2.75, 3.05) is 0 Å². The maximum atomic E-state index is 13.0. The highest BCUT2D eigenvalue weighted by Crippen LogP contribution is 2.30. The third kappa shape index (κ3) is 1.73. The smallest absolute Gasteiger partial charge is 0.255 e. The van der Waals surface area contributed by atoms with Crippen LogP contribution in [-0.2, 0) is 5.41 Å². The summed E-state index contributed by atoms with van der Waals surface area (Å²) >= 11 is 0. The molecule has 1 aromatic heterocycles. The monoisotopic (exact) mass is 219 g/mol. The predicted molar refractivity (Wildman–Crippen MR) is 62.1 cm³/mol. The summed E-state index contributed by atoms with van der Waals surface area (Å²) in [6.07, 6.45) is 1.44. The van der Waals surface area contributed by atoms with Crippen LogP contribution in [0, 0.1) is 5.95 Å². The van der Waals surface area contributed by atoms with Crippen molar-refractivity contribution < 1.29 is 9.50 Å². The summed E-state index contributed by atoms with van der Waals surface area (Å²) in [5.74, 6) is -1.20. The minimum absolute atomic E-state index is 0.0260. The summed E-state index contributed by atoms with van der Waals surface area (Å²) in [5, 5.41) is 10.8. The number of aromatic hydroxyl groups is 1. The van der Waals surface area contributed by atoms with E-state index >= 15 is 0 Å². The highest BCUT2D eigenvalue weighted by Gasteiger charge is 2.15. The van der Waals surface area contributed by atoms with Crippen LogP contribution in [0.15, 0.2) is 24.4 Å². The molecule has 0 spiro atoms. The Bertz CT molecular complexity index is 543. The molecule has 2 aromatic rings. The normalized spacial score (nSPS) is 12.0. The molecular formula is C13H14FNO. The zero-order valence-electron chi connectivity index (χ0n) is 9.58. The number of nitrogens with zero attached hydrogens (tertiary/aromatic N) is 1. The quantitative estimate of drug-likeness (QED) is 0.689. The molecule has 0 fully saturated rings. The van der Waals surface area contributed by atoms with Gasteiger partial charge in [-0.25, -0.2) is 4.98 Å². The van der Waals surface area contributed by atoms with Crippen molar-refractivity contribution in [1.29, 1.82) is 0 Å². The summed E-state index contributed by atoms with van der Waals surface area (Å²) in [6.45, 7) is 6.31. The Kier molecular flexibility index (Phi) is 2.34. The zero-order valence-corrected chi connectivity index (χ0v) is 9.58. The van der Waals surface area contributed by atoms with Crippen molar-refractivity contribution >= 4 is 10.8 Å². The van der Waals surface area contributed by atoms with Gasteiger partial charge in [-0.2, -0.15) is 4.39 Å². The van der Waals surface area contributed by atoms with Gasteiger partial charge in [-0.3, -0.25) is 0 Å². The van der Waals surface area contributed by atoms with Gasteiger partial charge in [0.1, 0.15) is 0 Å². The number of fused-ring (bicyclic) bond motifs is 1. The summed E-state index contributed by atoms with van der Waals surface area (Å²) in [6, 6.07) is 5.57. The number of hydrogen-bond acceptors (Lipinski definition) is 2. The Hall–Kier alpha value is -1.64. The van der Waals surface area contributed by atoms with Crippen LogP contribution < -0.4 is 0 Å². The zero-order chi connectivity index (χ0) is 11.9. The van der Waals surface area contributed by atoms with Crippen LogP contribution >= 0.6 is 0 Å². The first kappa shape index (κ1) is 10.9. The third-order valence-electron chi connectivity index (χ3n) is 2.69. The van der Waals surface area contributed by atoms with Crippen LogP contribution in [0.2, 0.25) is 0 Å². The van der Waals surface area contributed by atoms with E-state index in [1.165, 1.54) is 6.20 Å². The standard InChI is InChI=1S/C13H14FNO/c1-13(2,3)9-4-5-10-8(6-9)7-15-12(14)11(10)16/h4-7,16H,1-3H3. The molecule has 0 aliphatic carbocycles. The van der Waals surface area contributed by atoms with E-state index in [9.17, 15) is 9.50 Å². The van der Waals surface area contributed by atoms with Gasteiger partial charge in [0.2, 0.25) is 0 Å². The van der Waals surface area contributed by atoms with Crippen LogP contribution in [0.1, 0.15) is 26.3 Å². The summed E-state index contributed by atoms with van der Waals surface area (Å²) in [7, 11) is 0. The Morgan fingerprint density at radius 3 is 2.56 bits per heavy atom. The average molecular weight is 219 g/mol. The highest BCUT2D eigenvalue weighted by molar-refractivity contribution is 5.87. The lowest BCUT2D eigenvalue weighted by atomic mass is 9.86. The molecule has 84 valence electrons. The molecule has 0 aliphatic rings. The molecule has 16 heavy (non-hydrogen) atoms. The van der Waals surface area contributed by atoms with E-state index in [1.54, 1.807) is 6.07 Å². The molecule has 1 N–H and O–H groups in total. The van der Waals surface area contributed by atoms with Crippen LogP contribution in [0.4, 0.5) is 4.39 Å². The molecule has 2 rings (SSSR count). The fourth-order valence-electron chi connectivity index (χ4n) is 1.65. The first-order valence-electron chi connectivity index (χ1n) is 5.17. The summed E-state index contributed by atoms with van der Waals surface area (Å²) in [4.78, 5) is 3.51.